The standard InChI is InChI=1S/C8H19NO/c1-3-5-8(10)6-7-9-4-2/h8-10H,3-7H2,1-2H3. The Kier molecular flexibility index (Phi) is 6.98. The highest BCUT2D eigenvalue weighted by atomic mass is 16.3. The van der Waals surface area contributed by atoms with Crippen molar-refractivity contribution in [2.45, 2.75) is 39.2 Å². The van der Waals surface area contributed by atoms with Crippen LogP contribution in [-0.4, -0.2) is 24.3 Å². The van der Waals surface area contributed by atoms with E-state index in [4.69, 9.17) is 0 Å². The van der Waals surface area contributed by atoms with Gasteiger partial charge in [-0.3, -0.25) is 0 Å². The van der Waals surface area contributed by atoms with Crippen molar-refractivity contribution >= 4 is 0 Å². The molecule has 2 nitrogen and oxygen atoms in total. The smallest absolute Gasteiger partial charge is 0.0552 e. The third-order valence-electron chi connectivity index (χ3n) is 1.53. The quantitative estimate of drug-likeness (QED) is 0.549. The molecule has 0 bridgehead atoms. The zero-order valence-electron chi connectivity index (χ0n) is 7.06. The van der Waals surface area contributed by atoms with E-state index in [9.17, 15) is 5.11 Å². The molecule has 0 saturated carbocycles. The number of hydrogen-bond acceptors (Lipinski definition) is 2. The number of nitrogens with one attached hydrogen (secondary N) is 1. The SMILES string of the molecule is CCCC(O)CCNCC. The second-order valence-electron chi connectivity index (χ2n) is 2.58. The Morgan fingerprint density at radius 1 is 1.30 bits per heavy atom. The van der Waals surface area contributed by atoms with Crippen LogP contribution in [0.3, 0.4) is 0 Å². The molecule has 0 spiro atoms. The van der Waals surface area contributed by atoms with Gasteiger partial charge in [0.2, 0.25) is 0 Å². The van der Waals surface area contributed by atoms with Crippen LogP contribution in [0.2, 0.25) is 0 Å². The molecule has 0 heterocycles. The van der Waals surface area contributed by atoms with E-state index in [1.165, 1.54) is 0 Å². The van der Waals surface area contributed by atoms with Gasteiger partial charge in [0.05, 0.1) is 6.10 Å². The molecule has 0 aromatic carbocycles. The Balaban J connectivity index is 2.97. The van der Waals surface area contributed by atoms with E-state index in [2.05, 4.69) is 19.2 Å². The van der Waals surface area contributed by atoms with Crippen LogP contribution in [0.25, 0.3) is 0 Å². The summed E-state index contributed by atoms with van der Waals surface area (Å²) >= 11 is 0. The average molecular weight is 145 g/mol. The first kappa shape index (κ1) is 9.92. The zero-order valence-corrected chi connectivity index (χ0v) is 7.06. The number of rotatable bonds is 6. The second-order valence-corrected chi connectivity index (χ2v) is 2.58. The summed E-state index contributed by atoms with van der Waals surface area (Å²) in [5.74, 6) is 0. The van der Waals surface area contributed by atoms with E-state index in [0.29, 0.717) is 0 Å². The first-order valence-electron chi connectivity index (χ1n) is 4.20. The molecule has 0 saturated heterocycles. The minimum Gasteiger partial charge on any atom is -0.393 e. The van der Waals surface area contributed by atoms with Crippen molar-refractivity contribution < 1.29 is 5.11 Å². The molecule has 10 heavy (non-hydrogen) atoms. The van der Waals surface area contributed by atoms with Gasteiger partial charge in [0, 0.05) is 0 Å². The molecule has 1 atom stereocenters. The van der Waals surface area contributed by atoms with Crippen LogP contribution in [0.4, 0.5) is 0 Å². The first-order chi connectivity index (χ1) is 4.81. The van der Waals surface area contributed by atoms with Gasteiger partial charge in [0.15, 0.2) is 0 Å². The summed E-state index contributed by atoms with van der Waals surface area (Å²) in [6.45, 7) is 6.11. The van der Waals surface area contributed by atoms with Crippen molar-refractivity contribution in [2.75, 3.05) is 13.1 Å². The Labute approximate surface area is 63.6 Å². The maximum atomic E-state index is 9.24. The molecular formula is C8H19NO. The van der Waals surface area contributed by atoms with Gasteiger partial charge in [-0.25, -0.2) is 0 Å². The van der Waals surface area contributed by atoms with Gasteiger partial charge in [0.1, 0.15) is 0 Å². The third kappa shape index (κ3) is 6.05. The van der Waals surface area contributed by atoms with E-state index >= 15 is 0 Å². The van der Waals surface area contributed by atoms with Crippen molar-refractivity contribution in [2.24, 2.45) is 0 Å². The van der Waals surface area contributed by atoms with E-state index in [-0.39, 0.29) is 6.10 Å². The number of aliphatic hydroxyl groups excluding tert-OH is 1. The van der Waals surface area contributed by atoms with Crippen LogP contribution in [0.1, 0.15) is 33.1 Å². The topological polar surface area (TPSA) is 32.3 Å². The molecule has 0 aromatic heterocycles. The zero-order chi connectivity index (χ0) is 7.82. The van der Waals surface area contributed by atoms with Crippen LogP contribution in [-0.2, 0) is 0 Å². The molecule has 2 heteroatoms. The van der Waals surface area contributed by atoms with Crippen LogP contribution in [0, 0.1) is 0 Å². The van der Waals surface area contributed by atoms with E-state index in [0.717, 1.165) is 32.4 Å². The maximum absolute atomic E-state index is 9.24. The fraction of sp³-hybridized carbons (Fsp3) is 1.00. The van der Waals surface area contributed by atoms with Crippen LogP contribution in [0.5, 0.6) is 0 Å². The molecule has 0 amide bonds. The largest absolute Gasteiger partial charge is 0.393 e. The number of aliphatic hydroxyl groups is 1. The minimum absolute atomic E-state index is 0.0935. The second kappa shape index (κ2) is 7.03. The minimum atomic E-state index is -0.0935. The van der Waals surface area contributed by atoms with E-state index < -0.39 is 0 Å². The molecule has 0 fully saturated rings. The van der Waals surface area contributed by atoms with Crippen molar-refractivity contribution in [1.82, 2.24) is 5.32 Å². The normalized spacial score (nSPS) is 13.5. The van der Waals surface area contributed by atoms with E-state index in [1.807, 2.05) is 0 Å². The van der Waals surface area contributed by atoms with Crippen LogP contribution < -0.4 is 5.32 Å². The fourth-order valence-corrected chi connectivity index (χ4v) is 0.923. The maximum Gasteiger partial charge on any atom is 0.0552 e. The predicted octanol–water partition coefficient (Wildman–Crippen LogP) is 1.15. The Morgan fingerprint density at radius 2 is 2.00 bits per heavy atom. The van der Waals surface area contributed by atoms with Crippen LogP contribution in [0.15, 0.2) is 0 Å². The van der Waals surface area contributed by atoms with Crippen molar-refractivity contribution in [3.8, 4) is 0 Å². The molecule has 0 aromatic rings. The summed E-state index contributed by atoms with van der Waals surface area (Å²) < 4.78 is 0. The van der Waals surface area contributed by atoms with Crippen molar-refractivity contribution in [3.63, 3.8) is 0 Å². The summed E-state index contributed by atoms with van der Waals surface area (Å²) in [4.78, 5) is 0. The van der Waals surface area contributed by atoms with Gasteiger partial charge in [-0.1, -0.05) is 20.3 Å². The van der Waals surface area contributed by atoms with Gasteiger partial charge in [0.25, 0.3) is 0 Å². The summed E-state index contributed by atoms with van der Waals surface area (Å²) in [6.07, 6.45) is 2.81. The lowest BCUT2D eigenvalue weighted by atomic mass is 10.1. The Hall–Kier alpha value is -0.0800. The number of hydrogen-bond donors (Lipinski definition) is 2. The lowest BCUT2D eigenvalue weighted by molar-refractivity contribution is 0.153. The fourth-order valence-electron chi connectivity index (χ4n) is 0.923. The summed E-state index contributed by atoms with van der Waals surface area (Å²) in [6, 6.07) is 0. The molecule has 0 radical (unpaired) electrons. The van der Waals surface area contributed by atoms with Gasteiger partial charge < -0.3 is 10.4 Å². The monoisotopic (exact) mass is 145 g/mol. The molecule has 62 valence electrons. The highest BCUT2D eigenvalue weighted by Crippen LogP contribution is 1.98. The molecule has 0 aliphatic heterocycles. The summed E-state index contributed by atoms with van der Waals surface area (Å²) in [7, 11) is 0. The van der Waals surface area contributed by atoms with Crippen molar-refractivity contribution in [3.05, 3.63) is 0 Å². The highest BCUT2D eigenvalue weighted by molar-refractivity contribution is 4.55. The van der Waals surface area contributed by atoms with Crippen LogP contribution >= 0.6 is 0 Å². The lowest BCUT2D eigenvalue weighted by Gasteiger charge is -2.08. The van der Waals surface area contributed by atoms with Gasteiger partial charge >= 0.3 is 0 Å². The molecule has 0 aliphatic rings. The van der Waals surface area contributed by atoms with Gasteiger partial charge in [-0.2, -0.15) is 0 Å². The highest BCUT2D eigenvalue weighted by Gasteiger charge is 1.99. The summed E-state index contributed by atoms with van der Waals surface area (Å²) in [5.41, 5.74) is 0. The third-order valence-corrected chi connectivity index (χ3v) is 1.53. The Morgan fingerprint density at radius 3 is 2.50 bits per heavy atom. The lowest BCUT2D eigenvalue weighted by Crippen LogP contribution is -2.19. The predicted molar refractivity (Wildman–Crippen MR) is 44.1 cm³/mol. The Bertz CT molecular complexity index is 66.3. The molecule has 0 aliphatic carbocycles. The summed E-state index contributed by atoms with van der Waals surface area (Å²) in [5, 5.41) is 12.4. The molecule has 2 N–H and O–H groups in total. The molecule has 1 unspecified atom stereocenters. The average Bonchev–Trinajstić information content (AvgIpc) is 1.89. The van der Waals surface area contributed by atoms with Crippen molar-refractivity contribution in [1.29, 1.82) is 0 Å². The molecule has 0 rings (SSSR count). The van der Waals surface area contributed by atoms with E-state index in [1.54, 1.807) is 0 Å². The van der Waals surface area contributed by atoms with Gasteiger partial charge in [-0.15, -0.1) is 0 Å². The van der Waals surface area contributed by atoms with Gasteiger partial charge in [-0.05, 0) is 25.9 Å². The first-order valence-corrected chi connectivity index (χ1v) is 4.20. The molecular weight excluding hydrogens is 126 g/mol.